The zero-order chi connectivity index (χ0) is 19.3. The van der Waals surface area contributed by atoms with Gasteiger partial charge >= 0.3 is 0 Å². The molecule has 0 atom stereocenters. The summed E-state index contributed by atoms with van der Waals surface area (Å²) in [6.07, 6.45) is 1.69. The molecule has 0 saturated carbocycles. The third-order valence-electron chi connectivity index (χ3n) is 4.59. The number of ether oxygens (including phenoxy) is 1. The summed E-state index contributed by atoms with van der Waals surface area (Å²) in [5, 5.41) is 6.12. The van der Waals surface area contributed by atoms with Crippen LogP contribution in [-0.4, -0.2) is 19.6 Å². The number of aryl methyl sites for hydroxylation is 2. The first-order valence-electron chi connectivity index (χ1n) is 8.67. The van der Waals surface area contributed by atoms with Gasteiger partial charge in [-0.15, -0.1) is 16.4 Å². The van der Waals surface area contributed by atoms with E-state index in [1.807, 2.05) is 30.3 Å². The molecule has 0 aliphatic rings. The van der Waals surface area contributed by atoms with Gasteiger partial charge in [0.15, 0.2) is 11.4 Å². The topological polar surface area (TPSA) is 65.5 Å². The highest BCUT2D eigenvalue weighted by Crippen LogP contribution is 2.32. The van der Waals surface area contributed by atoms with E-state index in [2.05, 4.69) is 23.9 Å². The Morgan fingerprint density at radius 2 is 2.04 bits per heavy atom. The second kappa shape index (κ2) is 6.61. The van der Waals surface area contributed by atoms with Gasteiger partial charge in [-0.1, -0.05) is 23.7 Å². The smallest absolute Gasteiger partial charge is 0.217 e. The van der Waals surface area contributed by atoms with E-state index in [0.29, 0.717) is 28.1 Å². The van der Waals surface area contributed by atoms with E-state index in [4.69, 9.17) is 25.7 Å². The van der Waals surface area contributed by atoms with Gasteiger partial charge in [-0.05, 0) is 43.7 Å². The molecule has 1 aromatic carbocycles. The minimum atomic E-state index is 0.270. The van der Waals surface area contributed by atoms with Crippen LogP contribution >= 0.6 is 22.9 Å². The molecule has 4 aromatic heterocycles. The van der Waals surface area contributed by atoms with Crippen molar-refractivity contribution in [3.63, 3.8) is 0 Å². The molecule has 0 bridgehead atoms. The molecule has 5 aromatic rings. The Balaban J connectivity index is 1.46. The molecule has 0 N–H and O–H groups in total. The van der Waals surface area contributed by atoms with Gasteiger partial charge in [-0.25, -0.2) is 14.5 Å². The number of rotatable bonds is 4. The average Bonchev–Trinajstić information content (AvgIpc) is 3.39. The molecule has 0 spiro atoms. The molecule has 0 unspecified atom stereocenters. The second-order valence-corrected chi connectivity index (χ2v) is 8.01. The molecule has 5 rings (SSSR count). The van der Waals surface area contributed by atoms with Crippen molar-refractivity contribution >= 4 is 38.8 Å². The van der Waals surface area contributed by atoms with Crippen molar-refractivity contribution in [1.29, 1.82) is 0 Å². The van der Waals surface area contributed by atoms with Crippen molar-refractivity contribution in [3.8, 4) is 17.3 Å². The minimum Gasteiger partial charge on any atom is -0.484 e. The molecule has 0 radical (unpaired) electrons. The Labute approximate surface area is 169 Å². The Kier molecular flexibility index (Phi) is 4.07. The van der Waals surface area contributed by atoms with Crippen LogP contribution in [-0.2, 0) is 6.61 Å². The molecule has 28 heavy (non-hydrogen) atoms. The fraction of sp³-hybridized carbons (Fsp3) is 0.150. The lowest BCUT2D eigenvalue weighted by Gasteiger charge is -2.05. The van der Waals surface area contributed by atoms with E-state index in [0.717, 1.165) is 15.9 Å². The third kappa shape index (κ3) is 2.83. The highest BCUT2D eigenvalue weighted by molar-refractivity contribution is 7.18. The summed E-state index contributed by atoms with van der Waals surface area (Å²) >= 11 is 7.78. The summed E-state index contributed by atoms with van der Waals surface area (Å²) in [5.74, 6) is 2.38. The van der Waals surface area contributed by atoms with Crippen LogP contribution in [0.15, 0.2) is 47.1 Å². The van der Waals surface area contributed by atoms with Gasteiger partial charge in [-0.2, -0.15) is 0 Å². The van der Waals surface area contributed by atoms with Gasteiger partial charge in [0.25, 0.3) is 0 Å². The molecule has 4 heterocycles. The number of halogens is 1. The van der Waals surface area contributed by atoms with Crippen LogP contribution < -0.4 is 4.74 Å². The standard InChI is InChI=1S/C20H15ClN4O2S/c1-11-12(2)28-20-17(11)19-23-18(24-25(19)10-22-20)16-8-7-13(27-16)9-26-15-6-4-3-5-14(15)21/h3-8,10H,9H2,1-2H3. The molecule has 0 aliphatic carbocycles. The number of fused-ring (bicyclic) bond motifs is 3. The van der Waals surface area contributed by atoms with Crippen molar-refractivity contribution in [2.75, 3.05) is 0 Å². The van der Waals surface area contributed by atoms with Gasteiger partial charge in [0.05, 0.1) is 10.4 Å². The molecule has 0 fully saturated rings. The number of nitrogens with zero attached hydrogens (tertiary/aromatic N) is 4. The fourth-order valence-electron chi connectivity index (χ4n) is 3.04. The van der Waals surface area contributed by atoms with Gasteiger partial charge in [0, 0.05) is 4.88 Å². The Morgan fingerprint density at radius 3 is 2.89 bits per heavy atom. The zero-order valence-electron chi connectivity index (χ0n) is 15.1. The summed E-state index contributed by atoms with van der Waals surface area (Å²) < 4.78 is 13.3. The maximum atomic E-state index is 6.12. The lowest BCUT2D eigenvalue weighted by molar-refractivity contribution is 0.272. The van der Waals surface area contributed by atoms with Gasteiger partial charge in [-0.3, -0.25) is 0 Å². The number of hydrogen-bond acceptors (Lipinski definition) is 6. The summed E-state index contributed by atoms with van der Waals surface area (Å²) in [6.45, 7) is 4.44. The third-order valence-corrected chi connectivity index (χ3v) is 6.02. The Morgan fingerprint density at radius 1 is 1.18 bits per heavy atom. The van der Waals surface area contributed by atoms with Crippen LogP contribution in [0, 0.1) is 13.8 Å². The molecule has 6 nitrogen and oxygen atoms in total. The lowest BCUT2D eigenvalue weighted by atomic mass is 10.2. The summed E-state index contributed by atoms with van der Waals surface area (Å²) in [5.41, 5.74) is 1.97. The zero-order valence-corrected chi connectivity index (χ0v) is 16.7. The van der Waals surface area contributed by atoms with Crippen LogP contribution in [0.5, 0.6) is 5.75 Å². The predicted molar refractivity (Wildman–Crippen MR) is 109 cm³/mol. The van der Waals surface area contributed by atoms with E-state index >= 15 is 0 Å². The van der Waals surface area contributed by atoms with Crippen LogP contribution in [0.1, 0.15) is 16.2 Å². The maximum Gasteiger partial charge on any atom is 0.217 e. The van der Waals surface area contributed by atoms with Crippen LogP contribution in [0.4, 0.5) is 0 Å². The van der Waals surface area contributed by atoms with Crippen LogP contribution in [0.2, 0.25) is 5.02 Å². The first kappa shape index (κ1) is 17.2. The first-order chi connectivity index (χ1) is 13.6. The number of aromatic nitrogens is 4. The summed E-state index contributed by atoms with van der Waals surface area (Å²) in [7, 11) is 0. The molecule has 140 valence electrons. The molecular formula is C20H15ClN4O2S. The Hall–Kier alpha value is -2.90. The van der Waals surface area contributed by atoms with E-state index < -0.39 is 0 Å². The van der Waals surface area contributed by atoms with Crippen LogP contribution in [0.3, 0.4) is 0 Å². The van der Waals surface area contributed by atoms with E-state index in [9.17, 15) is 0 Å². The highest BCUT2D eigenvalue weighted by Gasteiger charge is 2.17. The van der Waals surface area contributed by atoms with Crippen molar-refractivity contribution in [3.05, 3.63) is 63.9 Å². The monoisotopic (exact) mass is 410 g/mol. The van der Waals surface area contributed by atoms with Crippen LogP contribution in [0.25, 0.3) is 27.4 Å². The number of thiophene rings is 1. The number of para-hydroxylation sites is 1. The number of benzene rings is 1. The van der Waals surface area contributed by atoms with Crippen molar-refractivity contribution < 1.29 is 9.15 Å². The quantitative estimate of drug-likeness (QED) is 0.394. The Bertz CT molecular complexity index is 1320. The van der Waals surface area contributed by atoms with E-state index in [-0.39, 0.29) is 6.61 Å². The molecule has 0 saturated heterocycles. The highest BCUT2D eigenvalue weighted by atomic mass is 35.5. The van der Waals surface area contributed by atoms with Crippen molar-refractivity contribution in [1.82, 2.24) is 19.6 Å². The van der Waals surface area contributed by atoms with Crippen molar-refractivity contribution in [2.24, 2.45) is 0 Å². The predicted octanol–water partition coefficient (Wildman–Crippen LogP) is 5.45. The normalized spacial score (nSPS) is 11.5. The SMILES string of the molecule is Cc1sc2ncn3nc(-c4ccc(COc5ccccc5Cl)o4)nc3c2c1C. The van der Waals surface area contributed by atoms with Gasteiger partial charge in [0.1, 0.15) is 29.3 Å². The second-order valence-electron chi connectivity index (χ2n) is 6.40. The molecular weight excluding hydrogens is 396 g/mol. The number of furan rings is 1. The first-order valence-corrected chi connectivity index (χ1v) is 9.87. The number of hydrogen-bond donors (Lipinski definition) is 0. The van der Waals surface area contributed by atoms with Gasteiger partial charge in [0.2, 0.25) is 5.82 Å². The summed E-state index contributed by atoms with van der Waals surface area (Å²) in [6, 6.07) is 11.0. The van der Waals surface area contributed by atoms with Gasteiger partial charge < -0.3 is 9.15 Å². The largest absolute Gasteiger partial charge is 0.484 e. The van der Waals surface area contributed by atoms with E-state index in [1.165, 1.54) is 10.4 Å². The minimum absolute atomic E-state index is 0.270. The van der Waals surface area contributed by atoms with E-state index in [1.54, 1.807) is 28.2 Å². The average molecular weight is 411 g/mol. The summed E-state index contributed by atoms with van der Waals surface area (Å²) in [4.78, 5) is 11.4. The fourth-order valence-corrected chi connectivity index (χ4v) is 4.22. The lowest BCUT2D eigenvalue weighted by Crippen LogP contribution is -1.94. The molecule has 8 heteroatoms. The molecule has 0 amide bonds. The molecule has 0 aliphatic heterocycles. The van der Waals surface area contributed by atoms with Crippen molar-refractivity contribution in [2.45, 2.75) is 20.5 Å². The maximum absolute atomic E-state index is 6.12.